The second-order valence-corrected chi connectivity index (χ2v) is 21.6. The number of esters is 1. The van der Waals surface area contributed by atoms with Crippen molar-refractivity contribution in [2.24, 2.45) is 62.1 Å². The van der Waals surface area contributed by atoms with Gasteiger partial charge in [-0.1, -0.05) is 67.2 Å². The van der Waals surface area contributed by atoms with Gasteiger partial charge in [0, 0.05) is 30.2 Å². The Kier molecular flexibility index (Phi) is 10.8. The fourth-order valence-corrected chi connectivity index (χ4v) is 15.0. The summed E-state index contributed by atoms with van der Waals surface area (Å²) in [6.45, 7) is 33.4. The highest BCUT2D eigenvalue weighted by molar-refractivity contribution is 5.73. The number of ether oxygens (including phenoxy) is 1. The smallest absolute Gasteiger partial charge is 0.306 e. The third kappa shape index (κ3) is 6.84. The second-order valence-electron chi connectivity index (χ2n) is 21.6. The summed E-state index contributed by atoms with van der Waals surface area (Å²) in [6, 6.07) is 0.584. The Morgan fingerprint density at radius 1 is 0.827 bits per heavy atom. The molecule has 52 heavy (non-hydrogen) atoms. The average Bonchev–Trinajstić information content (AvgIpc) is 3.41. The van der Waals surface area contributed by atoms with E-state index in [4.69, 9.17) is 4.74 Å². The molecule has 5 aliphatic carbocycles. The Labute approximate surface area is 317 Å². The Morgan fingerprint density at radius 3 is 2.15 bits per heavy atom. The van der Waals surface area contributed by atoms with E-state index >= 15 is 0 Å². The molecule has 1 saturated heterocycles. The van der Waals surface area contributed by atoms with E-state index in [2.05, 4.69) is 71.8 Å². The van der Waals surface area contributed by atoms with Crippen molar-refractivity contribution in [1.29, 1.82) is 0 Å². The third-order valence-corrected chi connectivity index (χ3v) is 17.7. The summed E-state index contributed by atoms with van der Waals surface area (Å²) in [5.74, 6) is 2.26. The Hall–Kier alpha value is -1.82. The number of hydrogen-bond acceptors (Lipinski definition) is 5. The molecule has 0 radical (unpaired) electrons. The van der Waals surface area contributed by atoms with Crippen molar-refractivity contribution in [3.63, 3.8) is 0 Å². The van der Waals surface area contributed by atoms with E-state index in [9.17, 15) is 14.7 Å². The van der Waals surface area contributed by atoms with Gasteiger partial charge in [-0.2, -0.15) is 0 Å². The molecule has 10 atom stereocenters. The molecule has 1 aliphatic heterocycles. The van der Waals surface area contributed by atoms with Crippen LogP contribution in [0, 0.1) is 62.1 Å². The van der Waals surface area contributed by atoms with E-state index in [1.807, 2.05) is 13.8 Å². The van der Waals surface area contributed by atoms with Crippen molar-refractivity contribution in [2.75, 3.05) is 19.6 Å². The molecule has 6 rings (SSSR count). The summed E-state index contributed by atoms with van der Waals surface area (Å²) in [4.78, 5) is 27.4. The molecular formula is C46H76N2O4. The Morgan fingerprint density at radius 2 is 1.52 bits per heavy atom. The van der Waals surface area contributed by atoms with Crippen molar-refractivity contribution in [3.8, 4) is 0 Å². The fourth-order valence-electron chi connectivity index (χ4n) is 15.0. The number of carbonyl (C=O) groups is 2. The summed E-state index contributed by atoms with van der Waals surface area (Å²) < 4.78 is 6.31. The molecule has 0 aromatic heterocycles. The number of hydrogen-bond donors (Lipinski definition) is 2. The summed E-state index contributed by atoms with van der Waals surface area (Å²) in [5, 5.41) is 13.0. The molecule has 294 valence electrons. The average molecular weight is 721 g/mol. The summed E-state index contributed by atoms with van der Waals surface area (Å²) in [7, 11) is 0. The zero-order valence-electron chi connectivity index (χ0n) is 34.8. The fraction of sp³-hybridized carbons (Fsp3) is 0.870. The molecule has 5 saturated carbocycles. The zero-order chi connectivity index (χ0) is 38.1. The van der Waals surface area contributed by atoms with Crippen LogP contribution in [0.3, 0.4) is 0 Å². The molecule has 0 aromatic carbocycles. The number of nitrogens with one attached hydrogen (secondary N) is 1. The predicted molar refractivity (Wildman–Crippen MR) is 212 cm³/mol. The van der Waals surface area contributed by atoms with Gasteiger partial charge in [-0.25, -0.2) is 0 Å². The lowest BCUT2D eigenvalue weighted by Gasteiger charge is -2.73. The summed E-state index contributed by atoms with van der Waals surface area (Å²) >= 11 is 0. The molecule has 6 nitrogen and oxygen atoms in total. The lowest BCUT2D eigenvalue weighted by Crippen LogP contribution is -2.66. The largest absolute Gasteiger partial charge is 0.481 e. The van der Waals surface area contributed by atoms with Crippen LogP contribution >= 0.6 is 0 Å². The van der Waals surface area contributed by atoms with Gasteiger partial charge in [0.2, 0.25) is 0 Å². The predicted octanol–water partition coefficient (Wildman–Crippen LogP) is 10.4. The third-order valence-electron chi connectivity index (χ3n) is 17.7. The highest BCUT2D eigenvalue weighted by atomic mass is 16.5. The highest BCUT2D eigenvalue weighted by Gasteiger charge is 2.71. The number of carboxylic acid groups (broad SMARTS) is 1. The van der Waals surface area contributed by atoms with Gasteiger partial charge >= 0.3 is 11.9 Å². The van der Waals surface area contributed by atoms with Crippen LogP contribution in [0.2, 0.25) is 0 Å². The Bertz CT molecular complexity index is 1390. The lowest BCUT2D eigenvalue weighted by atomic mass is 9.32. The number of carbonyl (C=O) groups excluding carboxylic acids is 1. The maximum Gasteiger partial charge on any atom is 0.306 e. The Balaban J connectivity index is 1.18. The van der Waals surface area contributed by atoms with Crippen LogP contribution in [-0.4, -0.2) is 53.7 Å². The minimum Gasteiger partial charge on any atom is -0.481 e. The minimum atomic E-state index is -0.866. The second kappa shape index (κ2) is 14.0. The molecule has 0 bridgehead atoms. The number of aliphatic carboxylic acids is 1. The van der Waals surface area contributed by atoms with Gasteiger partial charge in [0.05, 0.1) is 12.8 Å². The van der Waals surface area contributed by atoms with Gasteiger partial charge in [0.1, 0.15) is 6.10 Å². The number of carboxylic acids is 1. The highest BCUT2D eigenvalue weighted by Crippen LogP contribution is 2.78. The number of rotatable bonds is 11. The maximum atomic E-state index is 13.3. The van der Waals surface area contributed by atoms with Gasteiger partial charge in [-0.3, -0.25) is 9.59 Å². The van der Waals surface area contributed by atoms with E-state index < -0.39 is 11.4 Å². The van der Waals surface area contributed by atoms with Crippen molar-refractivity contribution in [1.82, 2.24) is 10.2 Å². The first kappa shape index (κ1) is 39.9. The van der Waals surface area contributed by atoms with E-state index in [-0.39, 0.29) is 35.7 Å². The first-order chi connectivity index (χ1) is 24.2. The molecule has 6 fully saturated rings. The molecular weight excluding hydrogens is 645 g/mol. The van der Waals surface area contributed by atoms with Gasteiger partial charge < -0.3 is 20.1 Å². The normalized spacial score (nSPS) is 41.9. The molecule has 5 unspecified atom stereocenters. The molecule has 2 N–H and O–H groups in total. The minimum absolute atomic E-state index is 0.0289. The van der Waals surface area contributed by atoms with Crippen LogP contribution in [0.15, 0.2) is 24.4 Å². The SMILES string of the molecule is C=C(C)NC1CCN(CC[C@]23CCC(C(=C)C)C2[C@H]2CCC4[C@@]5(C)CCC(OC(=O)CC(C)(C)CC(=O)O)C(C)(C)C5CC[C@@]4(C)[C@]2(C)CC3)CC1. The first-order valence-corrected chi connectivity index (χ1v) is 21.4. The van der Waals surface area contributed by atoms with Gasteiger partial charge in [-0.05, 0) is 161 Å². The molecule has 0 amide bonds. The van der Waals surface area contributed by atoms with Crippen molar-refractivity contribution < 1.29 is 19.4 Å². The molecule has 1 heterocycles. The molecule has 6 heteroatoms. The molecule has 6 aliphatic rings. The van der Waals surface area contributed by atoms with Crippen LogP contribution in [0.5, 0.6) is 0 Å². The first-order valence-electron chi connectivity index (χ1n) is 21.4. The molecule has 0 spiro atoms. The van der Waals surface area contributed by atoms with Crippen molar-refractivity contribution in [3.05, 3.63) is 24.4 Å². The quantitative estimate of drug-likeness (QED) is 0.163. The van der Waals surface area contributed by atoms with E-state index in [1.54, 1.807) is 0 Å². The standard InChI is InChI=1S/C46H76N2O4/c1-30(2)33-14-21-46(24-27-48-25-17-32(18-26-48)47-31(3)4)23-22-44(10)34(40(33)46)12-13-36-43(9)19-16-37(42(7,8)35(43)15-20-45(36,44)11)52-39(51)29-41(5,6)28-38(49)50/h32-37,40,47H,1,3,12-29H2,2,4-11H3,(H,49,50)/t33?,34-,35?,36?,37?,40?,43+,44-,45-,46-/m1/s1. The van der Waals surface area contributed by atoms with Crippen LogP contribution < -0.4 is 5.32 Å². The van der Waals surface area contributed by atoms with Crippen LogP contribution in [0.1, 0.15) is 159 Å². The monoisotopic (exact) mass is 721 g/mol. The van der Waals surface area contributed by atoms with Crippen molar-refractivity contribution in [2.45, 2.75) is 171 Å². The summed E-state index contributed by atoms with van der Waals surface area (Å²) in [6.07, 6.45) is 16.4. The van der Waals surface area contributed by atoms with Crippen LogP contribution in [0.25, 0.3) is 0 Å². The number of allylic oxidation sites excluding steroid dienone is 2. The maximum absolute atomic E-state index is 13.3. The van der Waals surface area contributed by atoms with Crippen LogP contribution in [0.4, 0.5) is 0 Å². The topological polar surface area (TPSA) is 78.9 Å². The lowest BCUT2D eigenvalue weighted by molar-refractivity contribution is -0.250. The van der Waals surface area contributed by atoms with Gasteiger partial charge in [-0.15, -0.1) is 0 Å². The summed E-state index contributed by atoms with van der Waals surface area (Å²) in [5.41, 5.74) is 3.10. The van der Waals surface area contributed by atoms with Crippen LogP contribution in [-0.2, 0) is 14.3 Å². The number of fused-ring (bicyclic) bond motifs is 7. The van der Waals surface area contributed by atoms with E-state index in [0.717, 1.165) is 30.4 Å². The van der Waals surface area contributed by atoms with E-state index in [0.29, 0.717) is 40.0 Å². The number of piperidine rings is 1. The van der Waals surface area contributed by atoms with Gasteiger partial charge in [0.15, 0.2) is 0 Å². The molecule has 0 aromatic rings. The number of likely N-dealkylation sites (tertiary alicyclic amines) is 1. The number of nitrogens with zero attached hydrogens (tertiary/aromatic N) is 1. The zero-order valence-corrected chi connectivity index (χ0v) is 34.8. The van der Waals surface area contributed by atoms with E-state index in [1.165, 1.54) is 95.8 Å². The van der Waals surface area contributed by atoms with Gasteiger partial charge in [0.25, 0.3) is 0 Å². The van der Waals surface area contributed by atoms with Crippen molar-refractivity contribution >= 4 is 11.9 Å².